The average molecular weight is 170 g/mol. The van der Waals surface area contributed by atoms with Gasteiger partial charge in [-0.25, -0.2) is 0 Å². The highest BCUT2D eigenvalue weighted by molar-refractivity contribution is 4.76. The van der Waals surface area contributed by atoms with Crippen molar-refractivity contribution in [3.63, 3.8) is 0 Å². The Morgan fingerprint density at radius 2 is 2.42 bits per heavy atom. The molecule has 0 N–H and O–H groups in total. The zero-order chi connectivity index (χ0) is 9.03. The molecule has 0 aromatic rings. The second kappa shape index (κ2) is 4.06. The maximum atomic E-state index is 5.71. The number of hydrogen-bond acceptors (Lipinski definition) is 2. The van der Waals surface area contributed by atoms with Crippen LogP contribution < -0.4 is 0 Å². The fourth-order valence-electron chi connectivity index (χ4n) is 1.45. The summed E-state index contributed by atoms with van der Waals surface area (Å²) < 4.78 is 11.3. The van der Waals surface area contributed by atoms with Crippen molar-refractivity contribution in [2.45, 2.75) is 45.0 Å². The van der Waals surface area contributed by atoms with Gasteiger partial charge in [-0.15, -0.1) is 6.58 Å². The summed E-state index contributed by atoms with van der Waals surface area (Å²) in [5.74, 6) is -0.369. The van der Waals surface area contributed by atoms with Crippen LogP contribution in [0.3, 0.4) is 0 Å². The molecular formula is C10H18O2. The van der Waals surface area contributed by atoms with Crippen molar-refractivity contribution in [2.75, 3.05) is 6.61 Å². The van der Waals surface area contributed by atoms with Crippen molar-refractivity contribution in [2.24, 2.45) is 0 Å². The Balaban J connectivity index is 2.39. The molecule has 2 heteroatoms. The summed E-state index contributed by atoms with van der Waals surface area (Å²) in [5.41, 5.74) is 0. The first kappa shape index (κ1) is 9.75. The molecule has 1 saturated heterocycles. The molecule has 70 valence electrons. The quantitative estimate of drug-likeness (QED) is 0.606. The van der Waals surface area contributed by atoms with Gasteiger partial charge in [0.25, 0.3) is 0 Å². The minimum Gasteiger partial charge on any atom is -0.350 e. The van der Waals surface area contributed by atoms with Gasteiger partial charge in [0.1, 0.15) is 0 Å². The Hall–Kier alpha value is -0.340. The van der Waals surface area contributed by atoms with Crippen molar-refractivity contribution in [3.8, 4) is 0 Å². The maximum Gasteiger partial charge on any atom is 0.166 e. The predicted octanol–water partition coefficient (Wildman–Crippen LogP) is 2.49. The van der Waals surface area contributed by atoms with Crippen LogP contribution in [0.1, 0.15) is 33.1 Å². The van der Waals surface area contributed by atoms with E-state index in [1.165, 1.54) is 0 Å². The summed E-state index contributed by atoms with van der Waals surface area (Å²) in [6, 6.07) is 0. The lowest BCUT2D eigenvalue weighted by molar-refractivity contribution is -0.282. The number of rotatable bonds is 3. The molecule has 12 heavy (non-hydrogen) atoms. The van der Waals surface area contributed by atoms with Gasteiger partial charge in [0.15, 0.2) is 5.79 Å². The van der Waals surface area contributed by atoms with Crippen LogP contribution in [0.2, 0.25) is 0 Å². The molecule has 0 bridgehead atoms. The molecule has 1 heterocycles. The van der Waals surface area contributed by atoms with E-state index < -0.39 is 0 Å². The minimum atomic E-state index is -0.369. The normalized spacial score (nSPS) is 36.3. The van der Waals surface area contributed by atoms with Crippen LogP contribution in [0.5, 0.6) is 0 Å². The first-order valence-corrected chi connectivity index (χ1v) is 4.59. The molecule has 1 aliphatic heterocycles. The molecule has 0 aromatic carbocycles. The fourth-order valence-corrected chi connectivity index (χ4v) is 1.45. The van der Waals surface area contributed by atoms with Crippen LogP contribution in [0.15, 0.2) is 12.7 Å². The number of ether oxygens (including phenoxy) is 2. The Labute approximate surface area is 74.6 Å². The third-order valence-corrected chi connectivity index (χ3v) is 2.18. The monoisotopic (exact) mass is 170 g/mol. The lowest BCUT2D eigenvalue weighted by Crippen LogP contribution is -2.41. The molecule has 2 atom stereocenters. The van der Waals surface area contributed by atoms with Crippen molar-refractivity contribution in [1.82, 2.24) is 0 Å². The first-order valence-electron chi connectivity index (χ1n) is 4.59. The van der Waals surface area contributed by atoms with Gasteiger partial charge in [-0.3, -0.25) is 0 Å². The molecule has 1 fully saturated rings. The van der Waals surface area contributed by atoms with E-state index in [1.54, 1.807) is 0 Å². The second-order valence-corrected chi connectivity index (χ2v) is 3.53. The van der Waals surface area contributed by atoms with Gasteiger partial charge in [-0.2, -0.15) is 0 Å². The van der Waals surface area contributed by atoms with Gasteiger partial charge in [0, 0.05) is 6.42 Å². The summed E-state index contributed by atoms with van der Waals surface area (Å²) in [5, 5.41) is 0. The molecule has 0 radical (unpaired) electrons. The fraction of sp³-hybridized carbons (Fsp3) is 0.800. The summed E-state index contributed by atoms with van der Waals surface area (Å²) in [6.45, 7) is 8.60. The number of hydrogen-bond donors (Lipinski definition) is 0. The third-order valence-electron chi connectivity index (χ3n) is 2.18. The Morgan fingerprint density at radius 3 is 3.00 bits per heavy atom. The number of allylic oxidation sites excluding steroid dienone is 1. The highest BCUT2D eigenvalue weighted by Gasteiger charge is 2.31. The first-order chi connectivity index (χ1) is 5.66. The molecular weight excluding hydrogens is 152 g/mol. The predicted molar refractivity (Wildman–Crippen MR) is 49.0 cm³/mol. The standard InChI is InChI=1S/C10H18O2/c1-4-5-7-10(3)11-8-6-9(2)12-10/h4,9H,1,5-8H2,2-3H3. The molecule has 0 spiro atoms. The van der Waals surface area contributed by atoms with Gasteiger partial charge >= 0.3 is 0 Å². The highest BCUT2D eigenvalue weighted by atomic mass is 16.7. The topological polar surface area (TPSA) is 18.5 Å². The van der Waals surface area contributed by atoms with Crippen LogP contribution in [0.25, 0.3) is 0 Å². The summed E-state index contributed by atoms with van der Waals surface area (Å²) in [7, 11) is 0. The van der Waals surface area contributed by atoms with Crippen molar-refractivity contribution < 1.29 is 9.47 Å². The van der Waals surface area contributed by atoms with E-state index >= 15 is 0 Å². The lowest BCUT2D eigenvalue weighted by Gasteiger charge is -2.37. The second-order valence-electron chi connectivity index (χ2n) is 3.53. The smallest absolute Gasteiger partial charge is 0.166 e. The molecule has 0 aliphatic carbocycles. The maximum absolute atomic E-state index is 5.71. The van der Waals surface area contributed by atoms with E-state index in [0.29, 0.717) is 6.10 Å². The van der Waals surface area contributed by atoms with Crippen molar-refractivity contribution in [1.29, 1.82) is 0 Å². The zero-order valence-corrected chi connectivity index (χ0v) is 8.01. The SMILES string of the molecule is C=CCCC1(C)OCCC(C)O1. The van der Waals surface area contributed by atoms with E-state index in [-0.39, 0.29) is 5.79 Å². The summed E-state index contributed by atoms with van der Waals surface area (Å²) >= 11 is 0. The zero-order valence-electron chi connectivity index (χ0n) is 8.01. The molecule has 0 amide bonds. The van der Waals surface area contributed by atoms with Gasteiger partial charge in [-0.1, -0.05) is 6.08 Å². The van der Waals surface area contributed by atoms with Crippen LogP contribution in [0.4, 0.5) is 0 Å². The van der Waals surface area contributed by atoms with Crippen molar-refractivity contribution >= 4 is 0 Å². The molecule has 1 aliphatic rings. The molecule has 2 nitrogen and oxygen atoms in total. The molecule has 0 aromatic heterocycles. The minimum absolute atomic E-state index is 0.327. The Kier molecular flexibility index (Phi) is 3.29. The summed E-state index contributed by atoms with van der Waals surface area (Å²) in [6.07, 6.45) is 5.08. The van der Waals surface area contributed by atoms with Crippen LogP contribution >= 0.6 is 0 Å². The van der Waals surface area contributed by atoms with E-state index in [0.717, 1.165) is 25.9 Å². The summed E-state index contributed by atoms with van der Waals surface area (Å²) in [4.78, 5) is 0. The third kappa shape index (κ3) is 2.61. The van der Waals surface area contributed by atoms with E-state index in [2.05, 4.69) is 13.5 Å². The lowest BCUT2D eigenvalue weighted by atomic mass is 10.1. The Morgan fingerprint density at radius 1 is 1.67 bits per heavy atom. The van der Waals surface area contributed by atoms with Gasteiger partial charge < -0.3 is 9.47 Å². The van der Waals surface area contributed by atoms with Gasteiger partial charge in [-0.05, 0) is 26.7 Å². The van der Waals surface area contributed by atoms with E-state index in [4.69, 9.17) is 9.47 Å². The average Bonchev–Trinajstić information content (AvgIpc) is 2.01. The van der Waals surface area contributed by atoms with Crippen molar-refractivity contribution in [3.05, 3.63) is 12.7 Å². The van der Waals surface area contributed by atoms with Gasteiger partial charge in [0.2, 0.25) is 0 Å². The molecule has 2 unspecified atom stereocenters. The van der Waals surface area contributed by atoms with E-state index in [9.17, 15) is 0 Å². The Bertz CT molecular complexity index is 156. The van der Waals surface area contributed by atoms with Crippen LogP contribution in [0, 0.1) is 0 Å². The van der Waals surface area contributed by atoms with Crippen LogP contribution in [-0.2, 0) is 9.47 Å². The van der Waals surface area contributed by atoms with Crippen LogP contribution in [-0.4, -0.2) is 18.5 Å². The molecule has 0 saturated carbocycles. The molecule has 1 rings (SSSR count). The van der Waals surface area contributed by atoms with Gasteiger partial charge in [0.05, 0.1) is 12.7 Å². The van der Waals surface area contributed by atoms with E-state index in [1.807, 2.05) is 13.0 Å². The largest absolute Gasteiger partial charge is 0.350 e. The highest BCUT2D eigenvalue weighted by Crippen LogP contribution is 2.26.